The summed E-state index contributed by atoms with van der Waals surface area (Å²) in [5.41, 5.74) is 1.66. The normalized spacial score (nSPS) is 12.8. The number of aliphatic hydroxyl groups excluding tert-OH is 2. The Kier molecular flexibility index (Phi) is 4.19. The molecule has 0 saturated heterocycles. The molecule has 0 bridgehead atoms. The molecule has 0 radical (unpaired) electrons. The summed E-state index contributed by atoms with van der Waals surface area (Å²) in [5, 5.41) is 22.5. The number of hydrogen-bond acceptors (Lipinski definition) is 4. The molecule has 1 atom stereocenters. The van der Waals surface area contributed by atoms with E-state index in [0.29, 0.717) is 12.3 Å². The Morgan fingerprint density at radius 3 is 3.00 bits per heavy atom. The van der Waals surface area contributed by atoms with E-state index in [0.717, 1.165) is 16.6 Å². The van der Waals surface area contributed by atoms with E-state index in [1.807, 2.05) is 24.3 Å². The van der Waals surface area contributed by atoms with Crippen LogP contribution in [0.15, 0.2) is 24.3 Å². The number of benzene rings is 1. The fourth-order valence-corrected chi connectivity index (χ4v) is 1.88. The highest BCUT2D eigenvalue weighted by molar-refractivity contribution is 5.86. The summed E-state index contributed by atoms with van der Waals surface area (Å²) < 4.78 is 5.60. The van der Waals surface area contributed by atoms with Gasteiger partial charge in [-0.3, -0.25) is 0 Å². The standard InChI is InChI=1S/C13H18N2O3/c1-14-6-10(17)8-18-13-4-2-3-12-11(13)5-9(7-16)15-12/h2-5,10,14-17H,6-8H2,1H3. The molecule has 18 heavy (non-hydrogen) atoms. The molecule has 4 N–H and O–H groups in total. The number of hydrogen-bond donors (Lipinski definition) is 4. The average molecular weight is 250 g/mol. The first-order chi connectivity index (χ1) is 8.74. The van der Waals surface area contributed by atoms with Crippen molar-refractivity contribution in [2.75, 3.05) is 20.2 Å². The van der Waals surface area contributed by atoms with Crippen LogP contribution in [0.2, 0.25) is 0 Å². The summed E-state index contributed by atoms with van der Waals surface area (Å²) in [5.74, 6) is 0.707. The number of H-pyrrole nitrogens is 1. The molecule has 0 aliphatic heterocycles. The van der Waals surface area contributed by atoms with Gasteiger partial charge in [0.25, 0.3) is 0 Å². The summed E-state index contributed by atoms with van der Waals surface area (Å²) in [7, 11) is 1.78. The van der Waals surface area contributed by atoms with Crippen molar-refractivity contribution in [2.45, 2.75) is 12.7 Å². The van der Waals surface area contributed by atoms with Crippen LogP contribution in [0.4, 0.5) is 0 Å². The van der Waals surface area contributed by atoms with Crippen LogP contribution >= 0.6 is 0 Å². The van der Waals surface area contributed by atoms with E-state index in [4.69, 9.17) is 9.84 Å². The summed E-state index contributed by atoms with van der Waals surface area (Å²) in [6, 6.07) is 7.50. The summed E-state index contributed by atoms with van der Waals surface area (Å²) >= 11 is 0. The highest BCUT2D eigenvalue weighted by Crippen LogP contribution is 2.26. The Morgan fingerprint density at radius 1 is 1.44 bits per heavy atom. The molecule has 0 spiro atoms. The first-order valence-corrected chi connectivity index (χ1v) is 5.91. The van der Waals surface area contributed by atoms with Crippen molar-refractivity contribution < 1.29 is 14.9 Å². The number of ether oxygens (including phenoxy) is 1. The first-order valence-electron chi connectivity index (χ1n) is 5.91. The Hall–Kier alpha value is -1.56. The first kappa shape index (κ1) is 12.9. The molecule has 5 nitrogen and oxygen atoms in total. The Morgan fingerprint density at radius 2 is 2.28 bits per heavy atom. The molecule has 1 aromatic heterocycles. The largest absolute Gasteiger partial charge is 0.490 e. The maximum atomic E-state index is 9.60. The Labute approximate surface area is 105 Å². The molecule has 2 aromatic rings. The minimum Gasteiger partial charge on any atom is -0.490 e. The molecule has 5 heteroatoms. The van der Waals surface area contributed by atoms with Gasteiger partial charge in [0.1, 0.15) is 18.5 Å². The molecule has 98 valence electrons. The van der Waals surface area contributed by atoms with Gasteiger partial charge in [0, 0.05) is 23.1 Å². The van der Waals surface area contributed by atoms with Crippen LogP contribution in [0.3, 0.4) is 0 Å². The SMILES string of the molecule is CNCC(O)COc1cccc2[nH]c(CO)cc12. The molecule has 0 saturated carbocycles. The molecule has 1 heterocycles. The molecule has 0 aliphatic rings. The molecule has 1 unspecified atom stereocenters. The predicted molar refractivity (Wildman–Crippen MR) is 69.7 cm³/mol. The van der Waals surface area contributed by atoms with Gasteiger partial charge in [0.2, 0.25) is 0 Å². The minimum atomic E-state index is -0.540. The van der Waals surface area contributed by atoms with Crippen LogP contribution in [0.5, 0.6) is 5.75 Å². The Balaban J connectivity index is 2.14. The fraction of sp³-hybridized carbons (Fsp3) is 0.385. The van der Waals surface area contributed by atoms with Crippen LogP contribution in [-0.2, 0) is 6.61 Å². The van der Waals surface area contributed by atoms with Crippen LogP contribution in [-0.4, -0.2) is 41.5 Å². The van der Waals surface area contributed by atoms with Gasteiger partial charge in [-0.25, -0.2) is 0 Å². The molecular formula is C13H18N2O3. The number of aromatic nitrogens is 1. The van der Waals surface area contributed by atoms with Crippen LogP contribution in [0.1, 0.15) is 5.69 Å². The third-order valence-electron chi connectivity index (χ3n) is 2.72. The minimum absolute atomic E-state index is 0.0313. The maximum absolute atomic E-state index is 9.60. The summed E-state index contributed by atoms with van der Waals surface area (Å²) in [6.07, 6.45) is -0.540. The quantitative estimate of drug-likeness (QED) is 0.606. The Bertz CT molecular complexity index is 510. The third-order valence-corrected chi connectivity index (χ3v) is 2.72. The van der Waals surface area contributed by atoms with E-state index in [1.165, 1.54) is 0 Å². The highest BCUT2D eigenvalue weighted by Gasteiger charge is 2.08. The topological polar surface area (TPSA) is 77.5 Å². The van der Waals surface area contributed by atoms with E-state index >= 15 is 0 Å². The fourth-order valence-electron chi connectivity index (χ4n) is 1.88. The summed E-state index contributed by atoms with van der Waals surface area (Å²) in [6.45, 7) is 0.696. The number of nitrogens with one attached hydrogen (secondary N) is 2. The number of likely N-dealkylation sites (N-methyl/N-ethyl adjacent to an activating group) is 1. The average Bonchev–Trinajstić information content (AvgIpc) is 2.80. The molecule has 0 aliphatic carbocycles. The van der Waals surface area contributed by atoms with Gasteiger partial charge in [-0.1, -0.05) is 6.07 Å². The van der Waals surface area contributed by atoms with Gasteiger partial charge in [0.05, 0.1) is 6.61 Å². The van der Waals surface area contributed by atoms with Gasteiger partial charge in [-0.15, -0.1) is 0 Å². The number of rotatable bonds is 6. The van der Waals surface area contributed by atoms with Gasteiger partial charge in [-0.05, 0) is 25.2 Å². The van der Waals surface area contributed by atoms with Crippen LogP contribution in [0.25, 0.3) is 10.9 Å². The molecule has 1 aromatic carbocycles. The maximum Gasteiger partial charge on any atom is 0.128 e. The molecule has 2 rings (SSSR count). The lowest BCUT2D eigenvalue weighted by molar-refractivity contribution is 0.109. The van der Waals surface area contributed by atoms with E-state index in [-0.39, 0.29) is 13.2 Å². The highest BCUT2D eigenvalue weighted by atomic mass is 16.5. The van der Waals surface area contributed by atoms with Crippen molar-refractivity contribution in [3.05, 3.63) is 30.0 Å². The lowest BCUT2D eigenvalue weighted by Crippen LogP contribution is -2.29. The van der Waals surface area contributed by atoms with Crippen molar-refractivity contribution in [1.29, 1.82) is 0 Å². The number of aromatic amines is 1. The summed E-state index contributed by atoms with van der Waals surface area (Å²) in [4.78, 5) is 3.09. The van der Waals surface area contributed by atoms with Crippen molar-refractivity contribution in [1.82, 2.24) is 10.3 Å². The molecule has 0 amide bonds. The monoisotopic (exact) mass is 250 g/mol. The zero-order valence-corrected chi connectivity index (χ0v) is 10.3. The second-order valence-corrected chi connectivity index (χ2v) is 4.19. The third kappa shape index (κ3) is 2.81. The zero-order valence-electron chi connectivity index (χ0n) is 10.3. The lowest BCUT2D eigenvalue weighted by Gasteiger charge is -2.12. The zero-order chi connectivity index (χ0) is 13.0. The van der Waals surface area contributed by atoms with Gasteiger partial charge in [-0.2, -0.15) is 0 Å². The number of aliphatic hydroxyl groups is 2. The van der Waals surface area contributed by atoms with Crippen molar-refractivity contribution in [3.63, 3.8) is 0 Å². The van der Waals surface area contributed by atoms with Crippen LogP contribution in [0, 0.1) is 0 Å². The van der Waals surface area contributed by atoms with Crippen LogP contribution < -0.4 is 10.1 Å². The second kappa shape index (κ2) is 5.86. The van der Waals surface area contributed by atoms with Crippen molar-refractivity contribution in [2.24, 2.45) is 0 Å². The van der Waals surface area contributed by atoms with E-state index in [2.05, 4.69) is 10.3 Å². The van der Waals surface area contributed by atoms with Crippen molar-refractivity contribution in [3.8, 4) is 5.75 Å². The van der Waals surface area contributed by atoms with E-state index < -0.39 is 6.10 Å². The smallest absolute Gasteiger partial charge is 0.128 e. The molecular weight excluding hydrogens is 232 g/mol. The number of fused-ring (bicyclic) bond motifs is 1. The van der Waals surface area contributed by atoms with Gasteiger partial charge < -0.3 is 25.3 Å². The van der Waals surface area contributed by atoms with E-state index in [9.17, 15) is 5.11 Å². The predicted octanol–water partition coefficient (Wildman–Crippen LogP) is 0.619. The van der Waals surface area contributed by atoms with Gasteiger partial charge >= 0.3 is 0 Å². The van der Waals surface area contributed by atoms with E-state index in [1.54, 1.807) is 7.05 Å². The van der Waals surface area contributed by atoms with Gasteiger partial charge in [0.15, 0.2) is 0 Å². The molecule has 0 fully saturated rings. The lowest BCUT2D eigenvalue weighted by atomic mass is 10.2. The van der Waals surface area contributed by atoms with Crippen molar-refractivity contribution >= 4 is 10.9 Å². The second-order valence-electron chi connectivity index (χ2n) is 4.19.